The van der Waals surface area contributed by atoms with Crippen molar-refractivity contribution >= 4 is 9.84 Å². The Morgan fingerprint density at radius 3 is 2.22 bits per heavy atom. The van der Waals surface area contributed by atoms with Gasteiger partial charge in [-0.1, -0.05) is 0 Å². The van der Waals surface area contributed by atoms with Crippen molar-refractivity contribution in [2.75, 3.05) is 18.6 Å². The summed E-state index contributed by atoms with van der Waals surface area (Å²) in [6, 6.07) is 0. The molecular formula is C4H10FNO2S. The fourth-order valence-electron chi connectivity index (χ4n) is 0.397. The van der Waals surface area contributed by atoms with Crippen LogP contribution < -0.4 is 5.73 Å². The van der Waals surface area contributed by atoms with Crippen molar-refractivity contribution in [1.82, 2.24) is 0 Å². The molecule has 0 aromatic carbocycles. The van der Waals surface area contributed by atoms with Crippen molar-refractivity contribution < 1.29 is 12.8 Å². The number of sulfone groups is 1. The second-order valence-corrected chi connectivity index (χ2v) is 4.11. The second kappa shape index (κ2) is 3.12. The molecule has 9 heavy (non-hydrogen) atoms. The molecule has 0 aromatic rings. The fraction of sp³-hybridized carbons (Fsp3) is 1.00. The Morgan fingerprint density at radius 2 is 2.11 bits per heavy atom. The molecule has 0 aromatic heterocycles. The lowest BCUT2D eigenvalue weighted by atomic mass is 10.5. The van der Waals surface area contributed by atoms with E-state index in [1.54, 1.807) is 0 Å². The first kappa shape index (κ1) is 8.84. The van der Waals surface area contributed by atoms with Gasteiger partial charge >= 0.3 is 0 Å². The molecule has 0 aliphatic carbocycles. The maximum atomic E-state index is 12.1. The van der Waals surface area contributed by atoms with E-state index in [2.05, 4.69) is 0 Å². The molecule has 3 nitrogen and oxygen atoms in total. The van der Waals surface area contributed by atoms with Gasteiger partial charge in [-0.2, -0.15) is 0 Å². The Balaban J connectivity index is 3.75. The van der Waals surface area contributed by atoms with Gasteiger partial charge < -0.3 is 5.73 Å². The quantitative estimate of drug-likeness (QED) is 0.588. The molecule has 5 heteroatoms. The van der Waals surface area contributed by atoms with Crippen LogP contribution in [-0.4, -0.2) is 33.1 Å². The molecule has 0 radical (unpaired) electrons. The minimum Gasteiger partial charge on any atom is -0.328 e. The second-order valence-electron chi connectivity index (χ2n) is 1.93. The van der Waals surface area contributed by atoms with E-state index >= 15 is 0 Å². The standard InChI is InChI=1S/C4H10FNO2S/c1-9(7,8)3-4(5)2-6/h4H,2-3,6H2,1H3. The average molecular weight is 155 g/mol. The van der Waals surface area contributed by atoms with Crippen LogP contribution in [0.3, 0.4) is 0 Å². The molecule has 0 amide bonds. The minimum absolute atomic E-state index is 0.229. The van der Waals surface area contributed by atoms with Gasteiger partial charge in [0.25, 0.3) is 0 Å². The zero-order chi connectivity index (χ0) is 7.49. The Labute approximate surface area is 54.0 Å². The summed E-state index contributed by atoms with van der Waals surface area (Å²) < 4.78 is 32.7. The van der Waals surface area contributed by atoms with Crippen molar-refractivity contribution in [3.8, 4) is 0 Å². The summed E-state index contributed by atoms with van der Waals surface area (Å²) in [7, 11) is -3.19. The lowest BCUT2D eigenvalue weighted by Crippen LogP contribution is -2.23. The topological polar surface area (TPSA) is 60.2 Å². The van der Waals surface area contributed by atoms with Crippen LogP contribution in [0.15, 0.2) is 0 Å². The SMILES string of the molecule is CS(=O)(=O)CC(F)CN. The molecular weight excluding hydrogens is 145 g/mol. The molecule has 0 spiro atoms. The first-order valence-electron chi connectivity index (χ1n) is 2.47. The maximum absolute atomic E-state index is 12.1. The highest BCUT2D eigenvalue weighted by Crippen LogP contribution is 1.92. The number of nitrogens with two attached hydrogens (primary N) is 1. The first-order chi connectivity index (χ1) is 3.95. The van der Waals surface area contributed by atoms with E-state index in [1.807, 2.05) is 0 Å². The third kappa shape index (κ3) is 5.72. The molecule has 1 unspecified atom stereocenters. The van der Waals surface area contributed by atoms with Gasteiger partial charge in [-0.25, -0.2) is 12.8 Å². The lowest BCUT2D eigenvalue weighted by Gasteiger charge is -2.00. The van der Waals surface area contributed by atoms with Gasteiger partial charge in [-0.3, -0.25) is 0 Å². The maximum Gasteiger partial charge on any atom is 0.150 e. The summed E-state index contributed by atoms with van der Waals surface area (Å²) in [6.45, 7) is -0.229. The van der Waals surface area contributed by atoms with Crippen LogP contribution in [0.25, 0.3) is 0 Å². The average Bonchev–Trinajstić information content (AvgIpc) is 1.62. The Hall–Kier alpha value is -0.160. The zero-order valence-electron chi connectivity index (χ0n) is 5.17. The van der Waals surface area contributed by atoms with Crippen LogP contribution in [0.2, 0.25) is 0 Å². The fourth-order valence-corrected chi connectivity index (χ4v) is 1.19. The normalized spacial score (nSPS) is 15.4. The predicted molar refractivity (Wildman–Crippen MR) is 33.7 cm³/mol. The summed E-state index contributed by atoms with van der Waals surface area (Å²) in [5, 5.41) is 0. The summed E-state index contributed by atoms with van der Waals surface area (Å²) >= 11 is 0. The molecule has 0 heterocycles. The van der Waals surface area contributed by atoms with Crippen molar-refractivity contribution in [2.24, 2.45) is 5.73 Å². The molecule has 0 aliphatic rings. The molecule has 0 fully saturated rings. The first-order valence-corrected chi connectivity index (χ1v) is 4.53. The van der Waals surface area contributed by atoms with Gasteiger partial charge in [0.1, 0.15) is 16.0 Å². The van der Waals surface area contributed by atoms with E-state index < -0.39 is 21.8 Å². The molecule has 0 saturated heterocycles. The number of alkyl halides is 1. The van der Waals surface area contributed by atoms with Crippen molar-refractivity contribution in [3.05, 3.63) is 0 Å². The van der Waals surface area contributed by atoms with Crippen LogP contribution in [-0.2, 0) is 9.84 Å². The van der Waals surface area contributed by atoms with Crippen LogP contribution in [0.5, 0.6) is 0 Å². The van der Waals surface area contributed by atoms with E-state index in [9.17, 15) is 12.8 Å². The monoisotopic (exact) mass is 155 g/mol. The van der Waals surface area contributed by atoms with Gasteiger partial charge in [0.15, 0.2) is 0 Å². The van der Waals surface area contributed by atoms with E-state index in [-0.39, 0.29) is 6.54 Å². The van der Waals surface area contributed by atoms with Gasteiger partial charge in [0.05, 0.1) is 5.75 Å². The largest absolute Gasteiger partial charge is 0.328 e. The van der Waals surface area contributed by atoms with Crippen LogP contribution in [0, 0.1) is 0 Å². The summed E-state index contributed by atoms with van der Waals surface area (Å²) in [5.74, 6) is -0.469. The predicted octanol–water partition coefficient (Wildman–Crippen LogP) is -0.672. The third-order valence-corrected chi connectivity index (χ3v) is 1.71. The van der Waals surface area contributed by atoms with Crippen LogP contribution in [0.4, 0.5) is 4.39 Å². The van der Waals surface area contributed by atoms with E-state index in [0.29, 0.717) is 0 Å². The van der Waals surface area contributed by atoms with Crippen LogP contribution in [0.1, 0.15) is 0 Å². The number of rotatable bonds is 3. The number of halogens is 1. The summed E-state index contributed by atoms with van der Waals surface area (Å²) in [6.07, 6.45) is -0.435. The van der Waals surface area contributed by atoms with Crippen molar-refractivity contribution in [3.63, 3.8) is 0 Å². The van der Waals surface area contributed by atoms with Crippen molar-refractivity contribution in [1.29, 1.82) is 0 Å². The Bertz CT molecular complexity index is 165. The lowest BCUT2D eigenvalue weighted by molar-refractivity contribution is 0.371. The summed E-state index contributed by atoms with van der Waals surface area (Å²) in [4.78, 5) is 0. The third-order valence-electron chi connectivity index (χ3n) is 0.739. The van der Waals surface area contributed by atoms with Gasteiger partial charge in [0, 0.05) is 12.8 Å². The van der Waals surface area contributed by atoms with Gasteiger partial charge in [-0.15, -0.1) is 0 Å². The smallest absolute Gasteiger partial charge is 0.150 e. The van der Waals surface area contributed by atoms with Gasteiger partial charge in [-0.05, 0) is 0 Å². The molecule has 1 atom stereocenters. The number of hydrogen-bond acceptors (Lipinski definition) is 3. The minimum atomic E-state index is -3.19. The van der Waals surface area contributed by atoms with E-state index in [0.717, 1.165) is 6.26 Å². The van der Waals surface area contributed by atoms with E-state index in [4.69, 9.17) is 5.73 Å². The highest BCUT2D eigenvalue weighted by Gasteiger charge is 2.11. The van der Waals surface area contributed by atoms with Gasteiger partial charge in [0.2, 0.25) is 0 Å². The molecule has 2 N–H and O–H groups in total. The Morgan fingerprint density at radius 1 is 1.67 bits per heavy atom. The Kier molecular flexibility index (Phi) is 3.07. The molecule has 56 valence electrons. The molecule has 0 aliphatic heterocycles. The van der Waals surface area contributed by atoms with Crippen molar-refractivity contribution in [2.45, 2.75) is 6.17 Å². The highest BCUT2D eigenvalue weighted by molar-refractivity contribution is 7.90. The zero-order valence-corrected chi connectivity index (χ0v) is 5.99. The van der Waals surface area contributed by atoms with E-state index in [1.165, 1.54) is 0 Å². The molecule has 0 saturated carbocycles. The molecule has 0 rings (SSSR count). The van der Waals surface area contributed by atoms with Crippen LogP contribution >= 0.6 is 0 Å². The summed E-state index contributed by atoms with van der Waals surface area (Å²) in [5.41, 5.74) is 4.84. The molecule has 0 bridgehead atoms. The number of hydrogen-bond donors (Lipinski definition) is 1. The highest BCUT2D eigenvalue weighted by atomic mass is 32.2.